The number of fused-ring (bicyclic) bond motifs is 1. The van der Waals surface area contributed by atoms with Crippen molar-refractivity contribution in [2.75, 3.05) is 19.8 Å². The van der Waals surface area contributed by atoms with Crippen molar-refractivity contribution in [3.63, 3.8) is 0 Å². The van der Waals surface area contributed by atoms with E-state index in [9.17, 15) is 20.4 Å². The van der Waals surface area contributed by atoms with Crippen LogP contribution in [0.5, 0.6) is 0 Å². The Morgan fingerprint density at radius 1 is 0.733 bits per heavy atom. The standard InChI is InChI=1S/C23H42O7/c24-14-19-20(25)21(26)22(27)23(30-19)29-18-11-10-17-15-28-12-8-6-4-2-1-3-5-7-9-16(17)13-18/h16-27H,1-15H2/t16?,17?,18?,19-,20-,21+,22-,23?/m1/s1. The molecule has 1 aliphatic carbocycles. The van der Waals surface area contributed by atoms with Crippen LogP contribution in [0.15, 0.2) is 0 Å². The van der Waals surface area contributed by atoms with Crippen molar-refractivity contribution in [1.82, 2.24) is 0 Å². The normalized spacial score (nSPS) is 42.8. The zero-order chi connectivity index (χ0) is 21.3. The van der Waals surface area contributed by atoms with Crippen LogP contribution in [0.1, 0.15) is 77.0 Å². The molecule has 3 fully saturated rings. The SMILES string of the molecule is OC[C@H]1OC(OC2CCC3COCCCCCCCCCCC3C2)[C@H](O)[C@@H](O)[C@@H]1O. The van der Waals surface area contributed by atoms with Crippen molar-refractivity contribution < 1.29 is 34.6 Å². The predicted octanol–water partition coefficient (Wildman–Crippen LogP) is 2.13. The van der Waals surface area contributed by atoms with E-state index in [2.05, 4.69) is 0 Å². The summed E-state index contributed by atoms with van der Waals surface area (Å²) < 4.78 is 17.6. The predicted molar refractivity (Wildman–Crippen MR) is 112 cm³/mol. The molecule has 0 aromatic heterocycles. The zero-order valence-corrected chi connectivity index (χ0v) is 18.2. The molecule has 0 aromatic carbocycles. The molecular weight excluding hydrogens is 388 g/mol. The molecule has 0 spiro atoms. The fourth-order valence-corrected chi connectivity index (χ4v) is 5.26. The van der Waals surface area contributed by atoms with E-state index < -0.39 is 37.3 Å². The summed E-state index contributed by atoms with van der Waals surface area (Å²) in [5, 5.41) is 39.6. The maximum Gasteiger partial charge on any atom is 0.186 e. The van der Waals surface area contributed by atoms with Crippen LogP contribution in [0.4, 0.5) is 0 Å². The number of hydrogen-bond donors (Lipinski definition) is 4. The molecule has 8 atom stereocenters. The lowest BCUT2D eigenvalue weighted by atomic mass is 9.75. The Bertz CT molecular complexity index is 474. The highest BCUT2D eigenvalue weighted by Crippen LogP contribution is 2.37. The highest BCUT2D eigenvalue weighted by atomic mass is 16.7. The number of aliphatic hydroxyl groups is 4. The quantitative estimate of drug-likeness (QED) is 0.543. The minimum atomic E-state index is -1.39. The van der Waals surface area contributed by atoms with Crippen molar-refractivity contribution >= 4 is 0 Å². The Labute approximate surface area is 180 Å². The number of ether oxygens (including phenoxy) is 3. The topological polar surface area (TPSA) is 109 Å². The summed E-state index contributed by atoms with van der Waals surface area (Å²) >= 11 is 0. The van der Waals surface area contributed by atoms with Gasteiger partial charge in [0, 0.05) is 13.2 Å². The lowest BCUT2D eigenvalue weighted by Crippen LogP contribution is -2.59. The van der Waals surface area contributed by atoms with E-state index in [0.29, 0.717) is 11.8 Å². The van der Waals surface area contributed by atoms with Gasteiger partial charge in [-0.2, -0.15) is 0 Å². The third-order valence-electron chi connectivity index (χ3n) is 7.21. The Morgan fingerprint density at radius 3 is 2.17 bits per heavy atom. The molecule has 0 bridgehead atoms. The number of rotatable bonds is 3. The molecule has 2 aliphatic heterocycles. The first-order valence-electron chi connectivity index (χ1n) is 12.1. The van der Waals surface area contributed by atoms with E-state index in [0.717, 1.165) is 38.9 Å². The van der Waals surface area contributed by atoms with Gasteiger partial charge < -0.3 is 34.6 Å². The average molecular weight is 431 g/mol. The molecule has 2 saturated heterocycles. The first-order valence-corrected chi connectivity index (χ1v) is 12.1. The van der Waals surface area contributed by atoms with Gasteiger partial charge in [0.1, 0.15) is 24.4 Å². The second kappa shape index (κ2) is 12.7. The first kappa shape index (κ1) is 24.4. The molecule has 2 heterocycles. The molecule has 7 nitrogen and oxygen atoms in total. The minimum Gasteiger partial charge on any atom is -0.394 e. The van der Waals surface area contributed by atoms with E-state index in [1.165, 1.54) is 51.4 Å². The van der Waals surface area contributed by atoms with Crippen LogP contribution < -0.4 is 0 Å². The molecule has 1 saturated carbocycles. The molecule has 0 amide bonds. The molecule has 3 rings (SSSR count). The largest absolute Gasteiger partial charge is 0.394 e. The smallest absolute Gasteiger partial charge is 0.186 e. The fraction of sp³-hybridized carbons (Fsp3) is 1.00. The van der Waals surface area contributed by atoms with Gasteiger partial charge >= 0.3 is 0 Å². The van der Waals surface area contributed by atoms with Gasteiger partial charge in [-0.15, -0.1) is 0 Å². The van der Waals surface area contributed by atoms with Gasteiger partial charge in [0.15, 0.2) is 6.29 Å². The Kier molecular flexibility index (Phi) is 10.3. The van der Waals surface area contributed by atoms with Crippen molar-refractivity contribution in [2.24, 2.45) is 11.8 Å². The van der Waals surface area contributed by atoms with Crippen LogP contribution in [0.25, 0.3) is 0 Å². The minimum absolute atomic E-state index is 0.0634. The first-order chi connectivity index (χ1) is 14.6. The molecule has 4 N–H and O–H groups in total. The maximum absolute atomic E-state index is 10.3. The van der Waals surface area contributed by atoms with Crippen molar-refractivity contribution in [1.29, 1.82) is 0 Å². The van der Waals surface area contributed by atoms with Gasteiger partial charge in [-0.3, -0.25) is 0 Å². The summed E-state index contributed by atoms with van der Waals surface area (Å²) in [5.41, 5.74) is 0. The van der Waals surface area contributed by atoms with E-state index in [4.69, 9.17) is 14.2 Å². The van der Waals surface area contributed by atoms with Crippen LogP contribution in [-0.2, 0) is 14.2 Å². The Balaban J connectivity index is 1.54. The molecule has 3 aliphatic rings. The van der Waals surface area contributed by atoms with Crippen molar-refractivity contribution in [3.05, 3.63) is 0 Å². The van der Waals surface area contributed by atoms with Gasteiger partial charge in [0.25, 0.3) is 0 Å². The van der Waals surface area contributed by atoms with Crippen LogP contribution in [-0.4, -0.2) is 77.1 Å². The van der Waals surface area contributed by atoms with Gasteiger partial charge in [-0.1, -0.05) is 51.4 Å². The summed E-state index contributed by atoms with van der Waals surface area (Å²) in [6, 6.07) is 0. The Morgan fingerprint density at radius 2 is 1.43 bits per heavy atom. The van der Waals surface area contributed by atoms with Crippen LogP contribution in [0.3, 0.4) is 0 Å². The molecule has 0 aromatic rings. The Hall–Kier alpha value is -0.280. The summed E-state index contributed by atoms with van der Waals surface area (Å²) in [6.07, 6.45) is 8.10. The molecule has 4 unspecified atom stereocenters. The van der Waals surface area contributed by atoms with E-state index in [1.54, 1.807) is 0 Å². The summed E-state index contributed by atoms with van der Waals surface area (Å²) in [5.74, 6) is 1.07. The van der Waals surface area contributed by atoms with E-state index >= 15 is 0 Å². The van der Waals surface area contributed by atoms with Crippen LogP contribution in [0, 0.1) is 11.8 Å². The molecule has 7 heteroatoms. The van der Waals surface area contributed by atoms with Crippen LogP contribution >= 0.6 is 0 Å². The van der Waals surface area contributed by atoms with Gasteiger partial charge in [0.2, 0.25) is 0 Å². The summed E-state index contributed by atoms with van der Waals surface area (Å²) in [7, 11) is 0. The third kappa shape index (κ3) is 6.86. The summed E-state index contributed by atoms with van der Waals surface area (Å²) in [6.45, 7) is 1.24. The molecule has 0 radical (unpaired) electrons. The van der Waals surface area contributed by atoms with Gasteiger partial charge in [-0.05, 0) is 37.5 Å². The molecular formula is C23H42O7. The highest BCUT2D eigenvalue weighted by molar-refractivity contribution is 4.90. The van der Waals surface area contributed by atoms with Crippen molar-refractivity contribution in [3.8, 4) is 0 Å². The van der Waals surface area contributed by atoms with Gasteiger partial charge in [-0.25, -0.2) is 0 Å². The monoisotopic (exact) mass is 430 g/mol. The second-order valence-corrected chi connectivity index (χ2v) is 9.48. The van der Waals surface area contributed by atoms with E-state index in [1.807, 2.05) is 0 Å². The number of aliphatic hydroxyl groups excluding tert-OH is 4. The lowest BCUT2D eigenvalue weighted by Gasteiger charge is -2.43. The van der Waals surface area contributed by atoms with Crippen molar-refractivity contribution in [2.45, 2.75) is 114 Å². The van der Waals surface area contributed by atoms with E-state index in [-0.39, 0.29) is 6.10 Å². The van der Waals surface area contributed by atoms with Gasteiger partial charge in [0.05, 0.1) is 12.7 Å². The second-order valence-electron chi connectivity index (χ2n) is 9.48. The molecule has 30 heavy (non-hydrogen) atoms. The lowest BCUT2D eigenvalue weighted by molar-refractivity contribution is -0.314. The molecule has 176 valence electrons. The fourth-order valence-electron chi connectivity index (χ4n) is 5.26. The average Bonchev–Trinajstić information content (AvgIpc) is 2.75. The summed E-state index contributed by atoms with van der Waals surface area (Å²) in [4.78, 5) is 0. The maximum atomic E-state index is 10.3. The number of hydrogen-bond acceptors (Lipinski definition) is 7. The van der Waals surface area contributed by atoms with Crippen LogP contribution in [0.2, 0.25) is 0 Å². The highest BCUT2D eigenvalue weighted by Gasteiger charge is 2.45. The zero-order valence-electron chi connectivity index (χ0n) is 18.2. The third-order valence-corrected chi connectivity index (χ3v) is 7.21.